The predicted octanol–water partition coefficient (Wildman–Crippen LogP) is 4.32. The number of nitrogens with zero attached hydrogens (tertiary/aromatic N) is 2. The van der Waals surface area contributed by atoms with Gasteiger partial charge in [0, 0.05) is 28.3 Å². The van der Waals surface area contributed by atoms with E-state index >= 15 is 0 Å². The summed E-state index contributed by atoms with van der Waals surface area (Å²) < 4.78 is 32.5. The molecule has 0 atom stereocenters. The fourth-order valence-corrected chi connectivity index (χ4v) is 3.37. The Kier molecular flexibility index (Phi) is 5.22. The number of aromatic carboxylic acids is 1. The Morgan fingerprint density at radius 3 is 2.65 bits per heavy atom. The summed E-state index contributed by atoms with van der Waals surface area (Å²) in [5.41, 5.74) is 1.41. The molecule has 26 heavy (non-hydrogen) atoms. The SMILES string of the molecule is CCc1sc(C(=O)O)cc1-c1ncc(F)cc1OCc1cncc(F)c1. The summed E-state index contributed by atoms with van der Waals surface area (Å²) in [5, 5.41) is 9.21. The summed E-state index contributed by atoms with van der Waals surface area (Å²) in [6, 6.07) is 3.94. The summed E-state index contributed by atoms with van der Waals surface area (Å²) in [7, 11) is 0. The topological polar surface area (TPSA) is 72.3 Å². The molecule has 0 aliphatic heterocycles. The molecule has 0 bridgehead atoms. The van der Waals surface area contributed by atoms with Crippen molar-refractivity contribution in [3.05, 3.63) is 63.7 Å². The number of aryl methyl sites for hydroxylation is 1. The van der Waals surface area contributed by atoms with Crippen LogP contribution in [0.15, 0.2) is 36.8 Å². The Bertz CT molecular complexity index is 959. The lowest BCUT2D eigenvalue weighted by atomic mass is 10.1. The lowest BCUT2D eigenvalue weighted by molar-refractivity contribution is 0.0702. The number of carboxylic acid groups (broad SMARTS) is 1. The quantitative estimate of drug-likeness (QED) is 0.694. The van der Waals surface area contributed by atoms with Gasteiger partial charge < -0.3 is 9.84 Å². The number of ether oxygens (including phenoxy) is 1. The van der Waals surface area contributed by atoms with E-state index in [1.165, 1.54) is 24.4 Å². The van der Waals surface area contributed by atoms with Gasteiger partial charge in [0.25, 0.3) is 0 Å². The maximum absolute atomic E-state index is 13.7. The summed E-state index contributed by atoms with van der Waals surface area (Å²) >= 11 is 1.14. The van der Waals surface area contributed by atoms with Crippen LogP contribution in [0.4, 0.5) is 8.78 Å². The van der Waals surface area contributed by atoms with E-state index in [0.29, 0.717) is 23.2 Å². The van der Waals surface area contributed by atoms with E-state index in [4.69, 9.17) is 4.74 Å². The molecule has 3 rings (SSSR count). The van der Waals surface area contributed by atoms with E-state index in [0.717, 1.165) is 28.6 Å². The molecule has 8 heteroatoms. The Balaban J connectivity index is 1.97. The van der Waals surface area contributed by atoms with Crippen LogP contribution in [0.2, 0.25) is 0 Å². The van der Waals surface area contributed by atoms with E-state index < -0.39 is 17.6 Å². The molecule has 0 fully saturated rings. The summed E-state index contributed by atoms with van der Waals surface area (Å²) in [6.07, 6.45) is 4.16. The lowest BCUT2D eigenvalue weighted by Gasteiger charge is -2.11. The standard InChI is InChI=1S/C18H14F2N2O3S/c1-2-15-13(5-16(26-15)18(23)24)17-14(4-12(20)8-22-17)25-9-10-3-11(19)7-21-6-10/h3-8H,2,9H2,1H3,(H,23,24). The van der Waals surface area contributed by atoms with Crippen LogP contribution in [0.5, 0.6) is 5.75 Å². The van der Waals surface area contributed by atoms with E-state index in [1.54, 1.807) is 0 Å². The van der Waals surface area contributed by atoms with E-state index in [1.807, 2.05) is 6.92 Å². The molecule has 0 unspecified atom stereocenters. The molecule has 0 aliphatic rings. The molecule has 3 aromatic rings. The number of aromatic nitrogens is 2. The summed E-state index contributed by atoms with van der Waals surface area (Å²) in [4.78, 5) is 20.0. The highest BCUT2D eigenvalue weighted by Gasteiger charge is 2.19. The zero-order chi connectivity index (χ0) is 18.7. The van der Waals surface area contributed by atoms with Crippen molar-refractivity contribution in [3.8, 4) is 17.0 Å². The van der Waals surface area contributed by atoms with Gasteiger partial charge in [0.2, 0.25) is 0 Å². The minimum atomic E-state index is -1.04. The smallest absolute Gasteiger partial charge is 0.345 e. The van der Waals surface area contributed by atoms with Crippen LogP contribution >= 0.6 is 11.3 Å². The highest BCUT2D eigenvalue weighted by molar-refractivity contribution is 7.14. The minimum Gasteiger partial charge on any atom is -0.486 e. The Morgan fingerprint density at radius 1 is 1.19 bits per heavy atom. The first-order chi connectivity index (χ1) is 12.5. The Morgan fingerprint density at radius 2 is 1.96 bits per heavy atom. The van der Waals surface area contributed by atoms with Gasteiger partial charge in [-0.15, -0.1) is 11.3 Å². The highest BCUT2D eigenvalue weighted by atomic mass is 32.1. The van der Waals surface area contributed by atoms with Gasteiger partial charge in [-0.05, 0) is 18.6 Å². The number of pyridine rings is 2. The third-order valence-electron chi connectivity index (χ3n) is 3.57. The fraction of sp³-hybridized carbons (Fsp3) is 0.167. The number of carboxylic acids is 1. The van der Waals surface area contributed by atoms with Crippen LogP contribution in [0.25, 0.3) is 11.3 Å². The third kappa shape index (κ3) is 3.85. The van der Waals surface area contributed by atoms with Crippen LogP contribution < -0.4 is 4.74 Å². The van der Waals surface area contributed by atoms with Crippen LogP contribution in [-0.2, 0) is 13.0 Å². The van der Waals surface area contributed by atoms with Crippen molar-refractivity contribution in [2.45, 2.75) is 20.0 Å². The first-order valence-corrected chi connectivity index (χ1v) is 8.53. The van der Waals surface area contributed by atoms with Crippen molar-refractivity contribution in [1.82, 2.24) is 9.97 Å². The highest BCUT2D eigenvalue weighted by Crippen LogP contribution is 2.36. The number of thiophene rings is 1. The number of hydrogen-bond donors (Lipinski definition) is 1. The molecule has 134 valence electrons. The van der Waals surface area contributed by atoms with Crippen molar-refractivity contribution >= 4 is 17.3 Å². The average molecular weight is 376 g/mol. The average Bonchev–Trinajstić information content (AvgIpc) is 3.04. The third-order valence-corrected chi connectivity index (χ3v) is 4.84. The van der Waals surface area contributed by atoms with Crippen LogP contribution in [-0.4, -0.2) is 21.0 Å². The monoisotopic (exact) mass is 376 g/mol. The van der Waals surface area contributed by atoms with Gasteiger partial charge in [-0.25, -0.2) is 18.6 Å². The van der Waals surface area contributed by atoms with Crippen molar-refractivity contribution in [3.63, 3.8) is 0 Å². The molecular formula is C18H14F2N2O3S. The number of carbonyl (C=O) groups is 1. The van der Waals surface area contributed by atoms with Crippen LogP contribution in [0, 0.1) is 11.6 Å². The van der Waals surface area contributed by atoms with Crippen LogP contribution in [0.1, 0.15) is 27.0 Å². The van der Waals surface area contributed by atoms with Gasteiger partial charge >= 0.3 is 5.97 Å². The number of halogens is 2. The van der Waals surface area contributed by atoms with Crippen molar-refractivity contribution in [1.29, 1.82) is 0 Å². The molecule has 0 amide bonds. The lowest BCUT2D eigenvalue weighted by Crippen LogP contribution is -2.00. The number of hydrogen-bond acceptors (Lipinski definition) is 5. The van der Waals surface area contributed by atoms with Crippen molar-refractivity contribution in [2.24, 2.45) is 0 Å². The molecule has 0 aliphatic carbocycles. The molecule has 5 nitrogen and oxygen atoms in total. The maximum atomic E-state index is 13.7. The molecule has 3 aromatic heterocycles. The van der Waals surface area contributed by atoms with Crippen molar-refractivity contribution < 1.29 is 23.4 Å². The summed E-state index contributed by atoms with van der Waals surface area (Å²) in [5.74, 6) is -1.97. The molecule has 0 spiro atoms. The van der Waals surface area contributed by atoms with E-state index in [9.17, 15) is 18.7 Å². The fourth-order valence-electron chi connectivity index (χ4n) is 2.43. The molecule has 1 N–H and O–H groups in total. The maximum Gasteiger partial charge on any atom is 0.345 e. The van der Waals surface area contributed by atoms with Gasteiger partial charge in [-0.3, -0.25) is 4.98 Å². The van der Waals surface area contributed by atoms with Crippen LogP contribution in [0.3, 0.4) is 0 Å². The normalized spacial score (nSPS) is 10.7. The van der Waals surface area contributed by atoms with Gasteiger partial charge in [0.05, 0.1) is 12.4 Å². The largest absolute Gasteiger partial charge is 0.486 e. The molecule has 0 radical (unpaired) electrons. The molecular weight excluding hydrogens is 362 g/mol. The second kappa shape index (κ2) is 7.57. The van der Waals surface area contributed by atoms with Gasteiger partial charge in [0.15, 0.2) is 0 Å². The molecule has 0 saturated heterocycles. The Labute approximate surface area is 151 Å². The Hall–Kier alpha value is -2.87. The summed E-state index contributed by atoms with van der Waals surface area (Å²) in [6.45, 7) is 1.86. The molecule has 0 saturated carbocycles. The zero-order valence-corrected chi connectivity index (χ0v) is 14.5. The minimum absolute atomic E-state index is 0.0275. The zero-order valence-electron chi connectivity index (χ0n) is 13.7. The first-order valence-electron chi connectivity index (χ1n) is 7.72. The second-order valence-electron chi connectivity index (χ2n) is 5.41. The first kappa shape index (κ1) is 17.9. The van der Waals surface area contributed by atoms with Gasteiger partial charge in [-0.1, -0.05) is 6.92 Å². The van der Waals surface area contributed by atoms with E-state index in [2.05, 4.69) is 9.97 Å². The van der Waals surface area contributed by atoms with Gasteiger partial charge in [0.1, 0.15) is 34.6 Å². The van der Waals surface area contributed by atoms with E-state index in [-0.39, 0.29) is 17.2 Å². The molecule has 0 aromatic carbocycles. The second-order valence-corrected chi connectivity index (χ2v) is 6.54. The molecule has 3 heterocycles. The number of rotatable bonds is 6. The predicted molar refractivity (Wildman–Crippen MR) is 92.4 cm³/mol. The van der Waals surface area contributed by atoms with Crippen molar-refractivity contribution in [2.75, 3.05) is 0 Å². The van der Waals surface area contributed by atoms with Gasteiger partial charge in [-0.2, -0.15) is 0 Å².